The van der Waals surface area contributed by atoms with Crippen molar-refractivity contribution in [3.05, 3.63) is 51.5 Å². The van der Waals surface area contributed by atoms with Gasteiger partial charge in [-0.05, 0) is 18.1 Å². The van der Waals surface area contributed by atoms with Crippen molar-refractivity contribution in [2.24, 2.45) is 0 Å². The molecule has 0 bridgehead atoms. The van der Waals surface area contributed by atoms with Gasteiger partial charge in [0.1, 0.15) is 23.4 Å². The van der Waals surface area contributed by atoms with Gasteiger partial charge in [-0.3, -0.25) is 25.0 Å². The number of hydrazine groups is 2. The molecule has 1 atom stereocenters. The Morgan fingerprint density at radius 2 is 1.84 bits per heavy atom. The Morgan fingerprint density at radius 3 is 2.54 bits per heavy atom. The summed E-state index contributed by atoms with van der Waals surface area (Å²) >= 11 is 0.745. The number of alkyl halides is 7. The van der Waals surface area contributed by atoms with Crippen molar-refractivity contribution < 1.29 is 40.3 Å². The molecule has 10 nitrogen and oxygen atoms in total. The van der Waals surface area contributed by atoms with Crippen molar-refractivity contribution in [2.75, 3.05) is 13.1 Å². The van der Waals surface area contributed by atoms with Crippen LogP contribution in [-0.2, 0) is 23.9 Å². The number of aromatic nitrogens is 3. The lowest BCUT2D eigenvalue weighted by molar-refractivity contribution is -0.137. The van der Waals surface area contributed by atoms with E-state index in [1.807, 2.05) is 0 Å². The van der Waals surface area contributed by atoms with Crippen molar-refractivity contribution in [1.29, 1.82) is 0 Å². The Morgan fingerprint density at radius 1 is 1.08 bits per heavy atom. The molecular weight excluding hydrogens is 537 g/mol. The maximum atomic E-state index is 14.4. The second kappa shape index (κ2) is 11.7. The lowest BCUT2D eigenvalue weighted by Gasteiger charge is -2.17. The predicted octanol–water partition coefficient (Wildman–Crippen LogP) is 2.00. The Bertz CT molecular complexity index is 1140. The molecule has 3 heterocycles. The molecule has 1 aliphatic heterocycles. The van der Waals surface area contributed by atoms with Crippen molar-refractivity contribution in [2.45, 2.75) is 37.9 Å². The first-order valence-corrected chi connectivity index (χ1v) is 11.2. The monoisotopic (exact) mass is 556 g/mol. The Labute approximate surface area is 208 Å². The van der Waals surface area contributed by atoms with E-state index in [9.17, 15) is 40.3 Å². The van der Waals surface area contributed by atoms with Crippen LogP contribution < -0.4 is 21.6 Å². The fraction of sp³-hybridized carbons (Fsp3) is 0.421. The van der Waals surface area contributed by atoms with Gasteiger partial charge in [0.05, 0.1) is 12.1 Å². The van der Waals surface area contributed by atoms with Crippen molar-refractivity contribution in [3.8, 4) is 0 Å². The molecule has 2 aromatic heterocycles. The molecule has 37 heavy (non-hydrogen) atoms. The molecular formula is C19H19F7N8O2S. The minimum atomic E-state index is -4.57. The molecule has 0 spiro atoms. The number of amides is 2. The molecule has 0 saturated heterocycles. The van der Waals surface area contributed by atoms with Crippen molar-refractivity contribution >= 4 is 23.2 Å². The number of hydrogen-bond donors (Lipinski definition) is 4. The Kier molecular flexibility index (Phi) is 8.85. The van der Waals surface area contributed by atoms with E-state index < -0.39 is 42.4 Å². The summed E-state index contributed by atoms with van der Waals surface area (Å²) in [6.45, 7) is -1.95. The van der Waals surface area contributed by atoms with Gasteiger partial charge in [0.2, 0.25) is 5.01 Å². The average molecular weight is 556 g/mol. The number of carbonyl (C=O) groups is 2. The molecule has 0 aromatic carbocycles. The topological polar surface area (TPSA) is 124 Å². The molecule has 18 heteroatoms. The van der Waals surface area contributed by atoms with Crippen LogP contribution in [0.15, 0.2) is 30.4 Å². The zero-order chi connectivity index (χ0) is 27.2. The van der Waals surface area contributed by atoms with Crippen LogP contribution in [0.25, 0.3) is 0 Å². The standard InChI is InChI=1S/C19H19F7N8O2S/c20-12(1-2-14-31-32-17(37-14)16(36)29-9-18(21,22)23)7-34-8-13(30-33-34)15(35)28-5-10-3-11(6-27-4-10)19(24,25)26/h3-4,6,8,12,30,33H,1-2,5,7,9H2,(H,28,35)(H,29,36). The van der Waals surface area contributed by atoms with Gasteiger partial charge in [-0.1, -0.05) is 11.3 Å². The van der Waals surface area contributed by atoms with Crippen molar-refractivity contribution in [1.82, 2.24) is 41.8 Å². The minimum absolute atomic E-state index is 0.00855. The quantitative estimate of drug-likeness (QED) is 0.328. The SMILES string of the molecule is O=C(NCc1cncc(C(F)(F)F)c1)C1=CN(CC(F)CCc2nnc(C(=O)NCC(F)(F)F)s2)NN1. The first-order valence-electron chi connectivity index (χ1n) is 10.4. The van der Waals surface area contributed by atoms with E-state index in [2.05, 4.69) is 31.5 Å². The molecule has 202 valence electrons. The number of halogens is 7. The highest BCUT2D eigenvalue weighted by Gasteiger charge is 2.31. The van der Waals surface area contributed by atoms with E-state index in [1.54, 1.807) is 5.32 Å². The van der Waals surface area contributed by atoms with Gasteiger partial charge in [0.25, 0.3) is 11.8 Å². The summed E-state index contributed by atoms with van der Waals surface area (Å²) in [4.78, 5) is 27.4. The number of pyridine rings is 1. The number of nitrogens with zero attached hydrogens (tertiary/aromatic N) is 4. The highest BCUT2D eigenvalue weighted by Crippen LogP contribution is 2.28. The van der Waals surface area contributed by atoms with Crippen LogP contribution in [0.5, 0.6) is 0 Å². The van der Waals surface area contributed by atoms with E-state index in [4.69, 9.17) is 0 Å². The summed E-state index contributed by atoms with van der Waals surface area (Å²) in [5, 5.41) is 12.5. The van der Waals surface area contributed by atoms with Crippen LogP contribution in [0.4, 0.5) is 30.7 Å². The number of aryl methyl sites for hydroxylation is 1. The highest BCUT2D eigenvalue weighted by molar-refractivity contribution is 7.13. The molecule has 3 rings (SSSR count). The van der Waals surface area contributed by atoms with Crippen LogP contribution in [0, 0.1) is 0 Å². The molecule has 1 aliphatic rings. The summed E-state index contributed by atoms with van der Waals surface area (Å²) < 4.78 is 89.2. The second-order valence-electron chi connectivity index (χ2n) is 7.63. The van der Waals surface area contributed by atoms with Crippen LogP contribution in [-0.4, -0.2) is 57.4 Å². The van der Waals surface area contributed by atoms with Gasteiger partial charge in [-0.15, -0.1) is 15.7 Å². The summed E-state index contributed by atoms with van der Waals surface area (Å²) in [5.41, 5.74) is 4.24. The summed E-state index contributed by atoms with van der Waals surface area (Å²) in [7, 11) is 0. The highest BCUT2D eigenvalue weighted by atomic mass is 32.1. The molecule has 0 radical (unpaired) electrons. The Balaban J connectivity index is 1.42. The summed E-state index contributed by atoms with van der Waals surface area (Å²) in [6.07, 6.45) is -7.46. The van der Waals surface area contributed by atoms with Gasteiger partial charge < -0.3 is 10.6 Å². The Hall–Kier alpha value is -3.54. The molecule has 0 saturated carbocycles. The summed E-state index contributed by atoms with van der Waals surface area (Å²) in [6, 6.07) is 0.859. The molecule has 2 amide bonds. The number of carbonyl (C=O) groups excluding carboxylic acids is 2. The average Bonchev–Trinajstić information content (AvgIpc) is 3.49. The first-order chi connectivity index (χ1) is 17.3. The number of nitrogens with one attached hydrogen (secondary N) is 4. The summed E-state index contributed by atoms with van der Waals surface area (Å²) in [5.74, 6) is -1.70. The van der Waals surface area contributed by atoms with Crippen LogP contribution >= 0.6 is 11.3 Å². The van der Waals surface area contributed by atoms with Crippen LogP contribution in [0.3, 0.4) is 0 Å². The van der Waals surface area contributed by atoms with E-state index in [0.717, 1.165) is 17.4 Å². The van der Waals surface area contributed by atoms with Gasteiger partial charge in [0.15, 0.2) is 0 Å². The lowest BCUT2D eigenvalue weighted by Crippen LogP contribution is -2.41. The second-order valence-corrected chi connectivity index (χ2v) is 8.69. The van der Waals surface area contributed by atoms with Gasteiger partial charge in [-0.2, -0.15) is 26.3 Å². The van der Waals surface area contributed by atoms with Gasteiger partial charge in [-0.25, -0.2) is 4.39 Å². The normalized spacial score (nSPS) is 14.7. The van der Waals surface area contributed by atoms with E-state index >= 15 is 0 Å². The fourth-order valence-corrected chi connectivity index (χ4v) is 3.64. The maximum absolute atomic E-state index is 14.4. The first kappa shape index (κ1) is 28.0. The number of rotatable bonds is 10. The third-order valence-electron chi connectivity index (χ3n) is 4.62. The van der Waals surface area contributed by atoms with Crippen LogP contribution in [0.2, 0.25) is 0 Å². The molecule has 0 aliphatic carbocycles. The third kappa shape index (κ3) is 8.81. The zero-order valence-electron chi connectivity index (χ0n) is 18.6. The molecule has 1 unspecified atom stereocenters. The third-order valence-corrected chi connectivity index (χ3v) is 5.60. The minimum Gasteiger partial charge on any atom is -0.347 e. The van der Waals surface area contributed by atoms with E-state index in [-0.39, 0.29) is 47.2 Å². The fourth-order valence-electron chi connectivity index (χ4n) is 2.87. The zero-order valence-corrected chi connectivity index (χ0v) is 19.4. The maximum Gasteiger partial charge on any atom is 0.417 e. The van der Waals surface area contributed by atoms with Gasteiger partial charge in [0, 0.05) is 31.6 Å². The predicted molar refractivity (Wildman–Crippen MR) is 114 cm³/mol. The molecule has 2 aromatic rings. The largest absolute Gasteiger partial charge is 0.417 e. The van der Waals surface area contributed by atoms with Gasteiger partial charge >= 0.3 is 12.4 Å². The molecule has 0 fully saturated rings. The van der Waals surface area contributed by atoms with Crippen molar-refractivity contribution in [3.63, 3.8) is 0 Å². The molecule has 4 N–H and O–H groups in total. The smallest absolute Gasteiger partial charge is 0.347 e. The lowest BCUT2D eigenvalue weighted by atomic mass is 10.2. The van der Waals surface area contributed by atoms with E-state index in [0.29, 0.717) is 6.20 Å². The number of hydrogen-bond acceptors (Lipinski definition) is 9. The van der Waals surface area contributed by atoms with Crippen LogP contribution in [0.1, 0.15) is 32.4 Å². The van der Waals surface area contributed by atoms with E-state index in [1.165, 1.54) is 17.4 Å².